The second kappa shape index (κ2) is 6.65. The fraction of sp³-hybridized carbons (Fsp3) is 0.333. The molecule has 0 fully saturated rings. The molecular weight excluding hydrogens is 222 g/mol. The summed E-state index contributed by atoms with van der Waals surface area (Å²) in [6.07, 6.45) is 2.34. The van der Waals surface area contributed by atoms with Crippen molar-refractivity contribution in [3.63, 3.8) is 0 Å². The molecule has 0 saturated heterocycles. The molecule has 0 aliphatic carbocycles. The zero-order chi connectivity index (χ0) is 12.7. The Labute approximate surface area is 99.1 Å². The Kier molecular flexibility index (Phi) is 5.16. The normalized spacial score (nSPS) is 9.94. The number of benzene rings is 1. The predicted molar refractivity (Wildman–Crippen MR) is 61.2 cm³/mol. The maximum absolute atomic E-state index is 10.9. The average Bonchev–Trinajstić information content (AvgIpc) is 2.34. The van der Waals surface area contributed by atoms with Crippen LogP contribution >= 0.6 is 0 Å². The lowest BCUT2D eigenvalue weighted by atomic mass is 10.0. The van der Waals surface area contributed by atoms with Crippen LogP contribution in [0, 0.1) is 0 Å². The van der Waals surface area contributed by atoms with E-state index in [-0.39, 0.29) is 6.42 Å². The van der Waals surface area contributed by atoms with Crippen LogP contribution < -0.4 is 5.73 Å². The smallest absolute Gasteiger partial charge is 0.342 e. The molecule has 17 heavy (non-hydrogen) atoms. The summed E-state index contributed by atoms with van der Waals surface area (Å²) in [4.78, 5) is 25.1. The predicted octanol–water partition coefficient (Wildman–Crippen LogP) is 1.51. The van der Waals surface area contributed by atoms with Crippen LogP contribution in [0.3, 0.4) is 0 Å². The van der Waals surface area contributed by atoms with Crippen LogP contribution in [-0.4, -0.2) is 17.1 Å². The molecule has 1 rings (SSSR count). The maximum atomic E-state index is 10.9. The Morgan fingerprint density at radius 3 is 2.71 bits per heavy atom. The van der Waals surface area contributed by atoms with Crippen LogP contribution in [0.5, 0.6) is 0 Å². The topological polar surface area (TPSA) is 89.6 Å². The Morgan fingerprint density at radius 2 is 2.06 bits per heavy atom. The highest BCUT2D eigenvalue weighted by Gasteiger charge is 2.03. The standard InChI is InChI=1S/C12H15NO4/c13-12(15)10-6-3-5-9(8-10)4-1-2-7-11(14)17-16/h3,5-6,8,16H,1-2,4,7H2,(H2,13,15). The molecule has 0 aliphatic heterocycles. The highest BCUT2D eigenvalue weighted by molar-refractivity contribution is 5.92. The first-order chi connectivity index (χ1) is 8.13. The molecular formula is C12H15NO4. The minimum atomic E-state index is -0.629. The van der Waals surface area contributed by atoms with E-state index in [0.717, 1.165) is 18.4 Å². The Hall–Kier alpha value is -1.88. The highest BCUT2D eigenvalue weighted by atomic mass is 17.1. The van der Waals surface area contributed by atoms with Gasteiger partial charge in [0, 0.05) is 12.0 Å². The fourth-order valence-electron chi connectivity index (χ4n) is 1.52. The van der Waals surface area contributed by atoms with E-state index >= 15 is 0 Å². The molecule has 0 saturated carbocycles. The molecule has 5 heteroatoms. The third-order valence-electron chi connectivity index (χ3n) is 2.41. The van der Waals surface area contributed by atoms with Crippen molar-refractivity contribution in [2.45, 2.75) is 25.7 Å². The summed E-state index contributed by atoms with van der Waals surface area (Å²) in [5.41, 5.74) is 6.65. The number of carbonyl (C=O) groups is 2. The van der Waals surface area contributed by atoms with E-state index in [9.17, 15) is 9.59 Å². The van der Waals surface area contributed by atoms with Gasteiger partial charge in [-0.1, -0.05) is 12.1 Å². The van der Waals surface area contributed by atoms with E-state index in [1.165, 1.54) is 0 Å². The molecule has 0 aromatic heterocycles. The van der Waals surface area contributed by atoms with E-state index < -0.39 is 11.9 Å². The van der Waals surface area contributed by atoms with Crippen molar-refractivity contribution in [2.24, 2.45) is 5.73 Å². The number of amides is 1. The van der Waals surface area contributed by atoms with Gasteiger partial charge in [-0.15, -0.1) is 0 Å². The molecule has 0 heterocycles. The molecule has 0 radical (unpaired) electrons. The second-order valence-corrected chi connectivity index (χ2v) is 3.74. The van der Waals surface area contributed by atoms with E-state index in [2.05, 4.69) is 4.89 Å². The van der Waals surface area contributed by atoms with Crippen LogP contribution in [0.2, 0.25) is 0 Å². The van der Waals surface area contributed by atoms with Crippen LogP contribution in [-0.2, 0) is 16.1 Å². The second-order valence-electron chi connectivity index (χ2n) is 3.74. The van der Waals surface area contributed by atoms with Gasteiger partial charge < -0.3 is 10.6 Å². The summed E-state index contributed by atoms with van der Waals surface area (Å²) in [7, 11) is 0. The summed E-state index contributed by atoms with van der Waals surface area (Å²) in [5, 5.41) is 8.05. The molecule has 92 valence electrons. The van der Waals surface area contributed by atoms with Crippen LogP contribution in [0.1, 0.15) is 35.2 Å². The zero-order valence-corrected chi connectivity index (χ0v) is 9.39. The van der Waals surface area contributed by atoms with Gasteiger partial charge in [0.25, 0.3) is 0 Å². The van der Waals surface area contributed by atoms with Gasteiger partial charge in [0.2, 0.25) is 5.91 Å². The van der Waals surface area contributed by atoms with Crippen molar-refractivity contribution < 1.29 is 19.7 Å². The molecule has 1 aromatic carbocycles. The zero-order valence-electron chi connectivity index (χ0n) is 9.39. The quantitative estimate of drug-likeness (QED) is 0.446. The van der Waals surface area contributed by atoms with Crippen molar-refractivity contribution in [1.29, 1.82) is 0 Å². The van der Waals surface area contributed by atoms with Gasteiger partial charge in [0.05, 0.1) is 0 Å². The first-order valence-corrected chi connectivity index (χ1v) is 5.36. The molecule has 1 amide bonds. The molecule has 0 bridgehead atoms. The minimum Gasteiger partial charge on any atom is -0.366 e. The summed E-state index contributed by atoms with van der Waals surface area (Å²) >= 11 is 0. The van der Waals surface area contributed by atoms with E-state index in [4.69, 9.17) is 11.0 Å². The Morgan fingerprint density at radius 1 is 1.29 bits per heavy atom. The molecule has 0 atom stereocenters. The molecule has 1 aromatic rings. The van der Waals surface area contributed by atoms with Gasteiger partial charge in [-0.25, -0.2) is 4.79 Å². The lowest BCUT2D eigenvalue weighted by molar-refractivity contribution is -0.234. The van der Waals surface area contributed by atoms with Crippen molar-refractivity contribution >= 4 is 11.9 Å². The summed E-state index contributed by atoms with van der Waals surface area (Å²) in [5.74, 6) is -1.08. The summed E-state index contributed by atoms with van der Waals surface area (Å²) in [6, 6.07) is 7.08. The molecule has 0 spiro atoms. The summed E-state index contributed by atoms with van der Waals surface area (Å²) in [6.45, 7) is 0. The average molecular weight is 237 g/mol. The number of carbonyl (C=O) groups excluding carboxylic acids is 2. The maximum Gasteiger partial charge on any atom is 0.342 e. The number of primary amides is 1. The fourth-order valence-corrected chi connectivity index (χ4v) is 1.52. The third kappa shape index (κ3) is 4.65. The van der Waals surface area contributed by atoms with Crippen molar-refractivity contribution in [3.05, 3.63) is 35.4 Å². The Bertz CT molecular complexity index is 403. The lowest BCUT2D eigenvalue weighted by Gasteiger charge is -2.02. The van der Waals surface area contributed by atoms with Crippen LogP contribution in [0.25, 0.3) is 0 Å². The van der Waals surface area contributed by atoms with Crippen LogP contribution in [0.4, 0.5) is 0 Å². The summed E-state index contributed by atoms with van der Waals surface area (Å²) < 4.78 is 0. The van der Waals surface area contributed by atoms with Gasteiger partial charge >= 0.3 is 5.97 Å². The SMILES string of the molecule is NC(=O)c1cccc(CCCCC(=O)OO)c1. The first kappa shape index (κ1) is 13.2. The molecule has 3 N–H and O–H groups in total. The van der Waals surface area contributed by atoms with Crippen molar-refractivity contribution in [2.75, 3.05) is 0 Å². The van der Waals surface area contributed by atoms with Gasteiger partial charge in [-0.05, 0) is 37.0 Å². The third-order valence-corrected chi connectivity index (χ3v) is 2.41. The number of hydrogen-bond acceptors (Lipinski definition) is 4. The molecule has 5 nitrogen and oxygen atoms in total. The monoisotopic (exact) mass is 237 g/mol. The number of rotatable bonds is 6. The molecule has 0 unspecified atom stereocenters. The van der Waals surface area contributed by atoms with E-state index in [1.807, 2.05) is 6.07 Å². The number of hydrogen-bond donors (Lipinski definition) is 2. The molecule has 0 aliphatic rings. The van der Waals surface area contributed by atoms with Gasteiger partial charge in [0.15, 0.2) is 0 Å². The van der Waals surface area contributed by atoms with Gasteiger partial charge in [0.1, 0.15) is 0 Å². The van der Waals surface area contributed by atoms with Gasteiger partial charge in [-0.3, -0.25) is 4.79 Å². The van der Waals surface area contributed by atoms with E-state index in [0.29, 0.717) is 12.0 Å². The van der Waals surface area contributed by atoms with Gasteiger partial charge in [-0.2, -0.15) is 5.26 Å². The minimum absolute atomic E-state index is 0.187. The van der Waals surface area contributed by atoms with Crippen molar-refractivity contribution in [1.82, 2.24) is 0 Å². The van der Waals surface area contributed by atoms with E-state index in [1.54, 1.807) is 18.2 Å². The van der Waals surface area contributed by atoms with Crippen molar-refractivity contribution in [3.8, 4) is 0 Å². The Balaban J connectivity index is 2.39. The number of unbranched alkanes of at least 4 members (excludes halogenated alkanes) is 1. The first-order valence-electron chi connectivity index (χ1n) is 5.36. The highest BCUT2D eigenvalue weighted by Crippen LogP contribution is 2.09. The van der Waals surface area contributed by atoms with Crippen LogP contribution in [0.15, 0.2) is 24.3 Å². The lowest BCUT2D eigenvalue weighted by Crippen LogP contribution is -2.10. The number of aryl methyl sites for hydroxylation is 1. The number of nitrogens with two attached hydrogens (primary N) is 1. The largest absolute Gasteiger partial charge is 0.366 e.